The highest BCUT2D eigenvalue weighted by molar-refractivity contribution is 6.35. The van der Waals surface area contributed by atoms with Gasteiger partial charge in [0.1, 0.15) is 11.4 Å². The van der Waals surface area contributed by atoms with Gasteiger partial charge in [0, 0.05) is 26.0 Å². The smallest absolute Gasteiger partial charge is 0.278 e. The van der Waals surface area contributed by atoms with Gasteiger partial charge in [0.15, 0.2) is 0 Å². The normalized spacial score (nSPS) is 14.0. The molecule has 0 fully saturated rings. The van der Waals surface area contributed by atoms with E-state index in [9.17, 15) is 14.7 Å². The van der Waals surface area contributed by atoms with Crippen LogP contribution in [0, 0.1) is 0 Å². The summed E-state index contributed by atoms with van der Waals surface area (Å²) in [6.45, 7) is 2.73. The number of aliphatic hydroxyl groups is 1. The van der Waals surface area contributed by atoms with E-state index in [0.29, 0.717) is 23.5 Å². The molecule has 1 aliphatic heterocycles. The Morgan fingerprint density at radius 3 is 2.36 bits per heavy atom. The highest BCUT2D eigenvalue weighted by Crippen LogP contribution is 2.32. The molecule has 0 atom stereocenters. The number of benzene rings is 1. The van der Waals surface area contributed by atoms with Gasteiger partial charge in [-0.25, -0.2) is 0 Å². The first-order valence-electron chi connectivity index (χ1n) is 9.11. The molecule has 7 nitrogen and oxygen atoms in total. The lowest BCUT2D eigenvalue weighted by atomic mass is 10.0. The Labute approximate surface area is 163 Å². The molecule has 146 valence electrons. The Kier molecular flexibility index (Phi) is 6.06. The number of pyridine rings is 1. The second-order valence-corrected chi connectivity index (χ2v) is 6.38. The van der Waals surface area contributed by atoms with Crippen LogP contribution in [0.3, 0.4) is 0 Å². The maximum Gasteiger partial charge on any atom is 0.278 e. The van der Waals surface area contributed by atoms with E-state index >= 15 is 0 Å². The van der Waals surface area contributed by atoms with Crippen LogP contribution in [-0.2, 0) is 16.1 Å². The summed E-state index contributed by atoms with van der Waals surface area (Å²) >= 11 is 0. The molecule has 0 unspecified atom stereocenters. The number of amides is 2. The molecule has 28 heavy (non-hydrogen) atoms. The summed E-state index contributed by atoms with van der Waals surface area (Å²) in [6, 6.07) is 10.6. The van der Waals surface area contributed by atoms with Crippen molar-refractivity contribution in [2.45, 2.75) is 13.5 Å². The Bertz CT molecular complexity index is 878. The van der Waals surface area contributed by atoms with Crippen LogP contribution < -0.4 is 4.74 Å². The van der Waals surface area contributed by atoms with Crippen LogP contribution in [0.5, 0.6) is 5.75 Å². The van der Waals surface area contributed by atoms with E-state index in [1.807, 2.05) is 6.92 Å². The Hall–Kier alpha value is -3.19. The summed E-state index contributed by atoms with van der Waals surface area (Å²) in [5.74, 6) is -0.0325. The third kappa shape index (κ3) is 3.89. The summed E-state index contributed by atoms with van der Waals surface area (Å²) < 4.78 is 5.46. The van der Waals surface area contributed by atoms with Crippen molar-refractivity contribution >= 4 is 17.4 Å². The zero-order chi connectivity index (χ0) is 20.1. The van der Waals surface area contributed by atoms with Crippen molar-refractivity contribution in [1.82, 2.24) is 14.8 Å². The van der Waals surface area contributed by atoms with Crippen LogP contribution in [0.25, 0.3) is 5.57 Å². The van der Waals surface area contributed by atoms with E-state index in [2.05, 4.69) is 4.98 Å². The largest absolute Gasteiger partial charge is 0.494 e. The molecular formula is C21H23N3O4. The molecule has 0 aliphatic carbocycles. The number of imide groups is 1. The van der Waals surface area contributed by atoms with Crippen LogP contribution in [0.4, 0.5) is 0 Å². The predicted octanol–water partition coefficient (Wildman–Crippen LogP) is 1.68. The molecule has 2 amide bonds. The molecule has 7 heteroatoms. The number of nitrogens with zero attached hydrogens (tertiary/aromatic N) is 3. The van der Waals surface area contributed by atoms with E-state index in [4.69, 9.17) is 4.74 Å². The lowest BCUT2D eigenvalue weighted by Gasteiger charge is -2.20. The summed E-state index contributed by atoms with van der Waals surface area (Å²) in [7, 11) is 1.70. The van der Waals surface area contributed by atoms with Crippen LogP contribution in [0.1, 0.15) is 18.1 Å². The number of likely N-dealkylation sites (N-methyl/N-ethyl adjacent to an activating group) is 1. The fourth-order valence-electron chi connectivity index (χ4n) is 3.14. The van der Waals surface area contributed by atoms with Gasteiger partial charge in [0.2, 0.25) is 0 Å². The van der Waals surface area contributed by atoms with E-state index in [0.717, 1.165) is 5.56 Å². The average molecular weight is 381 g/mol. The van der Waals surface area contributed by atoms with Crippen LogP contribution in [0.2, 0.25) is 0 Å². The lowest BCUT2D eigenvalue weighted by Crippen LogP contribution is -2.34. The van der Waals surface area contributed by atoms with Crippen molar-refractivity contribution in [2.75, 3.05) is 26.8 Å². The van der Waals surface area contributed by atoms with Crippen molar-refractivity contribution in [3.8, 4) is 5.75 Å². The molecule has 0 saturated carbocycles. The number of ether oxygens (including phenoxy) is 1. The fourth-order valence-corrected chi connectivity index (χ4v) is 3.14. The van der Waals surface area contributed by atoms with E-state index in [-0.39, 0.29) is 37.2 Å². The Balaban J connectivity index is 1.98. The van der Waals surface area contributed by atoms with Gasteiger partial charge in [-0.1, -0.05) is 12.1 Å². The summed E-state index contributed by atoms with van der Waals surface area (Å²) in [5, 5.41) is 9.30. The maximum absolute atomic E-state index is 13.2. The fraction of sp³-hybridized carbons (Fsp3) is 0.286. The molecule has 0 bridgehead atoms. The quantitative estimate of drug-likeness (QED) is 0.701. The van der Waals surface area contributed by atoms with Gasteiger partial charge in [-0.15, -0.1) is 0 Å². The van der Waals surface area contributed by atoms with Gasteiger partial charge in [-0.2, -0.15) is 0 Å². The molecule has 1 aromatic heterocycles. The maximum atomic E-state index is 13.2. The van der Waals surface area contributed by atoms with Gasteiger partial charge in [-0.3, -0.25) is 19.5 Å². The summed E-state index contributed by atoms with van der Waals surface area (Å²) in [4.78, 5) is 33.0. The first-order chi connectivity index (χ1) is 13.6. The highest BCUT2D eigenvalue weighted by Gasteiger charge is 2.40. The van der Waals surface area contributed by atoms with Crippen molar-refractivity contribution in [3.63, 3.8) is 0 Å². The van der Waals surface area contributed by atoms with Gasteiger partial charge in [-0.05, 0) is 42.3 Å². The van der Waals surface area contributed by atoms with Crippen LogP contribution in [0.15, 0.2) is 54.5 Å². The van der Waals surface area contributed by atoms with E-state index in [1.54, 1.807) is 60.7 Å². The molecule has 0 saturated heterocycles. The van der Waals surface area contributed by atoms with E-state index < -0.39 is 0 Å². The topological polar surface area (TPSA) is 83.0 Å². The van der Waals surface area contributed by atoms with Gasteiger partial charge >= 0.3 is 0 Å². The van der Waals surface area contributed by atoms with Crippen molar-refractivity contribution in [3.05, 3.63) is 65.6 Å². The zero-order valence-electron chi connectivity index (χ0n) is 16.0. The predicted molar refractivity (Wildman–Crippen MR) is 104 cm³/mol. The van der Waals surface area contributed by atoms with Crippen molar-refractivity contribution in [2.24, 2.45) is 0 Å². The number of aliphatic hydroxyl groups excluding tert-OH is 1. The minimum atomic E-state index is -0.373. The third-order valence-electron chi connectivity index (χ3n) is 4.50. The molecule has 3 rings (SSSR count). The molecule has 1 aliphatic rings. The third-order valence-corrected chi connectivity index (χ3v) is 4.50. The van der Waals surface area contributed by atoms with Crippen LogP contribution >= 0.6 is 0 Å². The van der Waals surface area contributed by atoms with Crippen molar-refractivity contribution < 1.29 is 19.4 Å². The second kappa shape index (κ2) is 8.67. The highest BCUT2D eigenvalue weighted by atomic mass is 16.5. The van der Waals surface area contributed by atoms with E-state index in [1.165, 1.54) is 4.90 Å². The number of rotatable bonds is 8. The first kappa shape index (κ1) is 19.6. The molecule has 2 heterocycles. The number of carbonyl (C=O) groups is 2. The zero-order valence-corrected chi connectivity index (χ0v) is 16.0. The van der Waals surface area contributed by atoms with Crippen LogP contribution in [-0.4, -0.2) is 58.5 Å². The summed E-state index contributed by atoms with van der Waals surface area (Å²) in [6.07, 6.45) is 3.25. The monoisotopic (exact) mass is 381 g/mol. The standard InChI is InChI=1S/C21H23N3O4/c1-3-28-17-6-4-16(5-7-17)18-19(23(2)12-13-25)21(27)24(20(18)26)14-15-8-10-22-11-9-15/h4-11,25H,3,12-14H2,1-2H3. The Morgan fingerprint density at radius 1 is 1.07 bits per heavy atom. The summed E-state index contributed by atoms with van der Waals surface area (Å²) in [5.41, 5.74) is 2.07. The van der Waals surface area contributed by atoms with Gasteiger partial charge in [0.05, 0.1) is 25.3 Å². The minimum Gasteiger partial charge on any atom is -0.494 e. The minimum absolute atomic E-state index is 0.123. The number of aromatic nitrogens is 1. The molecule has 1 N–H and O–H groups in total. The number of hydrogen-bond acceptors (Lipinski definition) is 6. The Morgan fingerprint density at radius 2 is 1.75 bits per heavy atom. The molecule has 1 aromatic carbocycles. The molecular weight excluding hydrogens is 358 g/mol. The second-order valence-electron chi connectivity index (χ2n) is 6.38. The molecule has 0 spiro atoms. The molecule has 2 aromatic rings. The number of hydrogen-bond donors (Lipinski definition) is 1. The first-order valence-corrected chi connectivity index (χ1v) is 9.11. The average Bonchev–Trinajstić information content (AvgIpc) is 2.95. The van der Waals surface area contributed by atoms with Gasteiger partial charge < -0.3 is 14.7 Å². The SMILES string of the molecule is CCOc1ccc(C2=C(N(C)CCO)C(=O)N(Cc3ccncc3)C2=O)cc1. The van der Waals surface area contributed by atoms with Gasteiger partial charge in [0.25, 0.3) is 11.8 Å². The molecule has 0 radical (unpaired) electrons. The number of carbonyl (C=O) groups excluding carboxylic acids is 2. The van der Waals surface area contributed by atoms with Crippen molar-refractivity contribution in [1.29, 1.82) is 0 Å². The lowest BCUT2D eigenvalue weighted by molar-refractivity contribution is -0.138.